The van der Waals surface area contributed by atoms with Gasteiger partial charge in [-0.2, -0.15) is 22.7 Å². The van der Waals surface area contributed by atoms with Crippen LogP contribution < -0.4 is 0 Å². The van der Waals surface area contributed by atoms with Gasteiger partial charge in [-0.25, -0.2) is 9.37 Å². The van der Waals surface area contributed by atoms with E-state index in [4.69, 9.17) is 0 Å². The highest BCUT2D eigenvalue weighted by atomic mass is 32.2. The van der Waals surface area contributed by atoms with Crippen molar-refractivity contribution in [3.63, 3.8) is 0 Å². The molecule has 1 aromatic carbocycles. The molecule has 2 aromatic heterocycles. The average molecular weight is 363 g/mol. The summed E-state index contributed by atoms with van der Waals surface area (Å²) in [6, 6.07) is 4.17. The molecule has 2 heterocycles. The number of aromatic nitrogens is 5. The third-order valence-electron chi connectivity index (χ3n) is 3.11. The number of ketones is 1. The van der Waals surface area contributed by atoms with Crippen LogP contribution in [-0.2, 0) is 10.0 Å². The average Bonchev–Trinajstić information content (AvgIpc) is 3.27. The number of H-pyrrole nitrogens is 1. The van der Waals surface area contributed by atoms with Crippen LogP contribution in [0.2, 0.25) is 0 Å². The molecule has 25 heavy (non-hydrogen) atoms. The van der Waals surface area contributed by atoms with Crippen LogP contribution in [0.15, 0.2) is 54.0 Å². The minimum atomic E-state index is -4.07. The second kappa shape index (κ2) is 6.28. The fourth-order valence-electron chi connectivity index (χ4n) is 1.88. The highest BCUT2D eigenvalue weighted by Gasteiger charge is 2.20. The van der Waals surface area contributed by atoms with E-state index in [9.17, 15) is 22.7 Å². The zero-order valence-corrected chi connectivity index (χ0v) is 13.2. The summed E-state index contributed by atoms with van der Waals surface area (Å²) in [4.78, 5) is 15.6. The molecule has 0 unspecified atom stereocenters. The lowest BCUT2D eigenvalue weighted by atomic mass is 10.2. The van der Waals surface area contributed by atoms with Crippen LogP contribution in [0.25, 0.3) is 5.76 Å². The van der Waals surface area contributed by atoms with E-state index in [0.717, 1.165) is 42.7 Å². The van der Waals surface area contributed by atoms with Gasteiger partial charge in [0.15, 0.2) is 11.5 Å². The number of carbonyl (C=O) groups is 1. The monoisotopic (exact) mass is 363 g/mol. The normalized spacial score (nSPS) is 12.3. The highest BCUT2D eigenvalue weighted by molar-refractivity contribution is 7.89. The van der Waals surface area contributed by atoms with Gasteiger partial charge in [-0.3, -0.25) is 9.89 Å². The van der Waals surface area contributed by atoms with E-state index in [1.54, 1.807) is 0 Å². The molecule has 0 aliphatic heterocycles. The molecule has 9 nitrogen and oxygen atoms in total. The predicted octanol–water partition coefficient (Wildman–Crippen LogP) is 1.16. The number of rotatable bonds is 5. The minimum Gasteiger partial charge on any atom is -0.504 e. The van der Waals surface area contributed by atoms with Gasteiger partial charge in [-0.05, 0) is 24.3 Å². The Hall–Kier alpha value is -3.34. The number of hydrogen-bond acceptors (Lipinski definition) is 7. The van der Waals surface area contributed by atoms with Gasteiger partial charge in [0.1, 0.15) is 12.1 Å². The Kier molecular flexibility index (Phi) is 4.15. The molecule has 0 aliphatic rings. The van der Waals surface area contributed by atoms with Crippen molar-refractivity contribution in [1.82, 2.24) is 24.4 Å². The van der Waals surface area contributed by atoms with E-state index in [-0.39, 0.29) is 16.3 Å². The predicted molar refractivity (Wildman–Crippen MR) is 82.5 cm³/mol. The summed E-state index contributed by atoms with van der Waals surface area (Å²) in [7, 11) is -4.07. The van der Waals surface area contributed by atoms with Crippen LogP contribution in [0.1, 0.15) is 16.2 Å². The molecule has 3 rings (SSSR count). The van der Waals surface area contributed by atoms with Gasteiger partial charge in [0.05, 0.1) is 22.9 Å². The molecule has 0 spiro atoms. The Labute approximate surface area is 140 Å². The number of nitrogens with one attached hydrogen (secondary N) is 1. The number of halogens is 1. The van der Waals surface area contributed by atoms with E-state index in [1.807, 2.05) is 0 Å². The molecule has 128 valence electrons. The van der Waals surface area contributed by atoms with Crippen LogP contribution in [0.4, 0.5) is 4.39 Å². The largest absolute Gasteiger partial charge is 0.504 e. The lowest BCUT2D eigenvalue weighted by Gasteiger charge is -2.03. The fourth-order valence-corrected chi connectivity index (χ4v) is 3.00. The van der Waals surface area contributed by atoms with Gasteiger partial charge in [-0.15, -0.1) is 0 Å². The van der Waals surface area contributed by atoms with Crippen molar-refractivity contribution in [2.45, 2.75) is 4.90 Å². The lowest BCUT2D eigenvalue weighted by Crippen LogP contribution is -2.13. The molecule has 0 fully saturated rings. The smallest absolute Gasteiger partial charge is 0.282 e. The molecule has 0 amide bonds. The standard InChI is InChI=1S/C14H10FN5O4S/c15-10-1-3-11(4-2-10)25(23,24)20-7-9(6-18-20)12(21)5-13(22)14-16-8-17-19-14/h1-8,22H,(H,16,17,19). The Bertz CT molecular complexity index is 1040. The molecule has 3 aromatic rings. The van der Waals surface area contributed by atoms with Crippen LogP contribution in [0.3, 0.4) is 0 Å². The van der Waals surface area contributed by atoms with Gasteiger partial charge in [0.25, 0.3) is 10.0 Å². The van der Waals surface area contributed by atoms with Crippen molar-refractivity contribution in [2.75, 3.05) is 0 Å². The van der Waals surface area contributed by atoms with E-state index in [0.29, 0.717) is 4.09 Å². The first-order valence-corrected chi connectivity index (χ1v) is 8.19. The molecule has 2 N–H and O–H groups in total. The molecule has 0 saturated carbocycles. The second-order valence-corrected chi connectivity index (χ2v) is 6.57. The number of aliphatic hydroxyl groups excluding tert-OH is 1. The van der Waals surface area contributed by atoms with Gasteiger partial charge in [0, 0.05) is 6.08 Å². The summed E-state index contributed by atoms with van der Waals surface area (Å²) < 4.78 is 38.2. The van der Waals surface area contributed by atoms with Crippen LogP contribution >= 0.6 is 0 Å². The van der Waals surface area contributed by atoms with Crippen molar-refractivity contribution in [3.05, 3.63) is 66.3 Å². The van der Waals surface area contributed by atoms with E-state index in [2.05, 4.69) is 20.3 Å². The van der Waals surface area contributed by atoms with Crippen LogP contribution in [-0.4, -0.2) is 43.7 Å². The maximum atomic E-state index is 12.9. The third-order valence-corrected chi connectivity index (χ3v) is 4.67. The lowest BCUT2D eigenvalue weighted by molar-refractivity contribution is 0.104. The number of hydrogen-bond donors (Lipinski definition) is 2. The van der Waals surface area contributed by atoms with E-state index in [1.165, 1.54) is 6.33 Å². The number of nitrogens with zero attached hydrogens (tertiary/aromatic N) is 4. The van der Waals surface area contributed by atoms with Crippen molar-refractivity contribution in [2.24, 2.45) is 0 Å². The summed E-state index contributed by atoms with van der Waals surface area (Å²) >= 11 is 0. The number of benzene rings is 1. The summed E-state index contributed by atoms with van der Waals surface area (Å²) in [6.07, 6.45) is 4.08. The molecular weight excluding hydrogens is 353 g/mol. The van der Waals surface area contributed by atoms with Gasteiger partial charge >= 0.3 is 0 Å². The van der Waals surface area contributed by atoms with E-state index < -0.39 is 27.4 Å². The summed E-state index contributed by atoms with van der Waals surface area (Å²) in [6.45, 7) is 0. The van der Waals surface area contributed by atoms with E-state index >= 15 is 0 Å². The summed E-state index contributed by atoms with van der Waals surface area (Å²) in [5.41, 5.74) is -0.0761. The topological polar surface area (TPSA) is 131 Å². The zero-order valence-electron chi connectivity index (χ0n) is 12.4. The minimum absolute atomic E-state index is 0.0761. The highest BCUT2D eigenvalue weighted by Crippen LogP contribution is 2.15. The van der Waals surface area contributed by atoms with Crippen molar-refractivity contribution >= 4 is 21.6 Å². The number of aromatic amines is 1. The molecule has 0 radical (unpaired) electrons. The van der Waals surface area contributed by atoms with Gasteiger partial charge < -0.3 is 5.11 Å². The Morgan fingerprint density at radius 3 is 2.64 bits per heavy atom. The summed E-state index contributed by atoms with van der Waals surface area (Å²) in [5, 5.41) is 19.3. The van der Waals surface area contributed by atoms with Crippen molar-refractivity contribution < 1.29 is 22.7 Å². The van der Waals surface area contributed by atoms with Crippen LogP contribution in [0, 0.1) is 5.82 Å². The SMILES string of the molecule is O=C(C=C(O)c1nc[nH]n1)c1cnn(S(=O)(=O)c2ccc(F)cc2)c1. The number of aliphatic hydroxyl groups is 1. The molecular formula is C14H10FN5O4S. The molecule has 0 saturated heterocycles. The second-order valence-electron chi connectivity index (χ2n) is 4.78. The Balaban J connectivity index is 1.88. The maximum Gasteiger partial charge on any atom is 0.282 e. The quantitative estimate of drug-likeness (QED) is 0.395. The molecule has 0 aliphatic carbocycles. The molecule has 0 atom stereocenters. The first-order valence-electron chi connectivity index (χ1n) is 6.75. The number of allylic oxidation sites excluding steroid dienone is 1. The molecule has 11 heteroatoms. The zero-order chi connectivity index (χ0) is 18.0. The first kappa shape index (κ1) is 16.5. The van der Waals surface area contributed by atoms with Crippen molar-refractivity contribution in [1.29, 1.82) is 0 Å². The first-order chi connectivity index (χ1) is 11.9. The fraction of sp³-hybridized carbons (Fsp3) is 0. The van der Waals surface area contributed by atoms with Gasteiger partial charge in [-0.1, -0.05) is 0 Å². The third kappa shape index (κ3) is 3.30. The summed E-state index contributed by atoms with van der Waals surface area (Å²) in [5.74, 6) is -1.84. The Morgan fingerprint density at radius 1 is 1.28 bits per heavy atom. The molecule has 0 bridgehead atoms. The Morgan fingerprint density at radius 2 is 2.00 bits per heavy atom. The number of carbonyl (C=O) groups excluding carboxylic acids is 1. The van der Waals surface area contributed by atoms with Crippen LogP contribution in [0.5, 0.6) is 0 Å². The maximum absolute atomic E-state index is 12.9. The van der Waals surface area contributed by atoms with Crippen molar-refractivity contribution in [3.8, 4) is 0 Å². The van der Waals surface area contributed by atoms with Gasteiger partial charge in [0.2, 0.25) is 5.82 Å².